The van der Waals surface area contributed by atoms with E-state index in [9.17, 15) is 4.79 Å². The van der Waals surface area contributed by atoms with Gasteiger partial charge in [0.05, 0.1) is 13.2 Å². The van der Waals surface area contributed by atoms with Gasteiger partial charge in [-0.1, -0.05) is 0 Å². The van der Waals surface area contributed by atoms with Crippen LogP contribution in [0.1, 0.15) is 13.3 Å². The minimum Gasteiger partial charge on any atom is -0.478 e. The van der Waals surface area contributed by atoms with Gasteiger partial charge >= 0.3 is 5.97 Å². The summed E-state index contributed by atoms with van der Waals surface area (Å²) in [5.74, 6) is -0.937. The molecule has 0 unspecified atom stereocenters. The van der Waals surface area contributed by atoms with Crippen LogP contribution < -0.4 is 0 Å². The molecule has 1 aliphatic rings. The van der Waals surface area contributed by atoms with Crippen LogP contribution in [0, 0.1) is 0 Å². The lowest BCUT2D eigenvalue weighted by Gasteiger charge is -2.20. The van der Waals surface area contributed by atoms with Crippen LogP contribution in [0.25, 0.3) is 0 Å². The topological polar surface area (TPSA) is 55.8 Å². The maximum atomic E-state index is 10.4. The molecule has 0 bridgehead atoms. The lowest BCUT2D eigenvalue weighted by atomic mass is 10.3. The summed E-state index contributed by atoms with van der Waals surface area (Å²) in [6, 6.07) is 0. The summed E-state index contributed by atoms with van der Waals surface area (Å²) < 4.78 is 10.3. The maximum absolute atomic E-state index is 10.4. The first-order valence-corrected chi connectivity index (χ1v) is 3.85. The summed E-state index contributed by atoms with van der Waals surface area (Å²) in [5, 5.41) is 8.53. The summed E-state index contributed by atoms with van der Waals surface area (Å²) >= 11 is 0. The van der Waals surface area contributed by atoms with Crippen molar-refractivity contribution >= 4 is 5.97 Å². The van der Waals surface area contributed by atoms with E-state index in [0.717, 1.165) is 6.42 Å². The fraction of sp³-hybridized carbons (Fsp3) is 0.625. The molecule has 12 heavy (non-hydrogen) atoms. The van der Waals surface area contributed by atoms with Gasteiger partial charge in [0.25, 0.3) is 0 Å². The number of aliphatic carboxylic acids is 1. The van der Waals surface area contributed by atoms with E-state index in [0.29, 0.717) is 13.2 Å². The molecule has 4 heteroatoms. The van der Waals surface area contributed by atoms with Crippen molar-refractivity contribution in [1.82, 2.24) is 0 Å². The van der Waals surface area contributed by atoms with Crippen molar-refractivity contribution in [3.8, 4) is 0 Å². The van der Waals surface area contributed by atoms with E-state index < -0.39 is 12.3 Å². The van der Waals surface area contributed by atoms with Gasteiger partial charge in [0.15, 0.2) is 6.29 Å². The van der Waals surface area contributed by atoms with Crippen molar-refractivity contribution in [2.45, 2.75) is 19.6 Å². The maximum Gasteiger partial charge on any atom is 0.331 e. The monoisotopic (exact) mass is 172 g/mol. The largest absolute Gasteiger partial charge is 0.478 e. The van der Waals surface area contributed by atoms with Gasteiger partial charge in [-0.3, -0.25) is 0 Å². The molecule has 0 saturated carbocycles. The Kier molecular flexibility index (Phi) is 3.25. The van der Waals surface area contributed by atoms with Crippen LogP contribution in [0.5, 0.6) is 0 Å². The van der Waals surface area contributed by atoms with Crippen LogP contribution in [0.15, 0.2) is 11.6 Å². The van der Waals surface area contributed by atoms with E-state index in [2.05, 4.69) is 0 Å². The quantitative estimate of drug-likeness (QED) is 0.625. The SMILES string of the molecule is C/C(=C\C1OCCCO1)C(=O)O. The number of hydrogen-bond donors (Lipinski definition) is 1. The predicted octanol–water partition coefficient (Wildman–Crippen LogP) is 0.780. The highest BCUT2D eigenvalue weighted by atomic mass is 16.7. The number of ether oxygens (including phenoxy) is 2. The van der Waals surface area contributed by atoms with Gasteiger partial charge in [0.1, 0.15) is 0 Å². The minimum atomic E-state index is -0.937. The molecule has 0 radical (unpaired) electrons. The molecule has 0 aliphatic carbocycles. The Labute approximate surface area is 70.8 Å². The van der Waals surface area contributed by atoms with Crippen LogP contribution in [0.3, 0.4) is 0 Å². The highest BCUT2D eigenvalue weighted by molar-refractivity contribution is 5.85. The summed E-state index contributed by atoms with van der Waals surface area (Å²) in [6.07, 6.45) is 1.87. The van der Waals surface area contributed by atoms with Crippen molar-refractivity contribution in [3.05, 3.63) is 11.6 Å². The molecule has 0 amide bonds. The standard InChI is InChI=1S/C8H12O4/c1-6(8(9)10)5-7-11-3-2-4-12-7/h5,7H,2-4H2,1H3,(H,9,10)/b6-5+. The lowest BCUT2D eigenvalue weighted by Crippen LogP contribution is -2.23. The Morgan fingerprint density at radius 3 is 2.58 bits per heavy atom. The van der Waals surface area contributed by atoms with Gasteiger partial charge in [0.2, 0.25) is 0 Å². The average molecular weight is 172 g/mol. The number of rotatable bonds is 2. The van der Waals surface area contributed by atoms with E-state index in [1.807, 2.05) is 0 Å². The molecule has 1 saturated heterocycles. The van der Waals surface area contributed by atoms with Crippen molar-refractivity contribution in [3.63, 3.8) is 0 Å². The first-order valence-electron chi connectivity index (χ1n) is 3.85. The highest BCUT2D eigenvalue weighted by Crippen LogP contribution is 2.08. The van der Waals surface area contributed by atoms with E-state index >= 15 is 0 Å². The van der Waals surface area contributed by atoms with Crippen molar-refractivity contribution < 1.29 is 19.4 Å². The van der Waals surface area contributed by atoms with Crippen molar-refractivity contribution in [2.75, 3.05) is 13.2 Å². The Morgan fingerprint density at radius 2 is 2.08 bits per heavy atom. The van der Waals surface area contributed by atoms with Crippen molar-refractivity contribution in [2.24, 2.45) is 0 Å². The first kappa shape index (κ1) is 9.22. The summed E-state index contributed by atoms with van der Waals surface area (Å²) in [6.45, 7) is 2.78. The first-order chi connectivity index (χ1) is 5.70. The molecule has 1 heterocycles. The van der Waals surface area contributed by atoms with Crippen LogP contribution in [-0.2, 0) is 14.3 Å². The molecule has 4 nitrogen and oxygen atoms in total. The second-order valence-corrected chi connectivity index (χ2v) is 2.62. The van der Waals surface area contributed by atoms with Crippen LogP contribution in [0.2, 0.25) is 0 Å². The summed E-state index contributed by atoms with van der Waals surface area (Å²) in [7, 11) is 0. The molecule has 0 aromatic heterocycles. The van der Waals surface area contributed by atoms with Gasteiger partial charge < -0.3 is 14.6 Å². The summed E-state index contributed by atoms with van der Waals surface area (Å²) in [4.78, 5) is 10.4. The molecular formula is C8H12O4. The third kappa shape index (κ3) is 2.64. The zero-order valence-electron chi connectivity index (χ0n) is 6.95. The van der Waals surface area contributed by atoms with Gasteiger partial charge in [-0.2, -0.15) is 0 Å². The lowest BCUT2D eigenvalue weighted by molar-refractivity contribution is -0.151. The molecule has 0 spiro atoms. The molecular weight excluding hydrogens is 160 g/mol. The Hall–Kier alpha value is -0.870. The van der Waals surface area contributed by atoms with E-state index in [4.69, 9.17) is 14.6 Å². The Balaban J connectivity index is 2.47. The van der Waals surface area contributed by atoms with Crippen LogP contribution in [-0.4, -0.2) is 30.6 Å². The number of carboxylic acids is 1. The van der Waals surface area contributed by atoms with E-state index in [1.165, 1.54) is 13.0 Å². The second-order valence-electron chi connectivity index (χ2n) is 2.62. The fourth-order valence-corrected chi connectivity index (χ4v) is 0.878. The molecule has 0 atom stereocenters. The van der Waals surface area contributed by atoms with Gasteiger partial charge in [0, 0.05) is 5.57 Å². The third-order valence-corrected chi connectivity index (χ3v) is 1.58. The number of carboxylic acid groups (broad SMARTS) is 1. The van der Waals surface area contributed by atoms with Gasteiger partial charge in [-0.15, -0.1) is 0 Å². The van der Waals surface area contributed by atoms with Gasteiger partial charge in [-0.05, 0) is 19.4 Å². The molecule has 68 valence electrons. The number of hydrogen-bond acceptors (Lipinski definition) is 3. The third-order valence-electron chi connectivity index (χ3n) is 1.58. The molecule has 1 fully saturated rings. The molecule has 0 aromatic carbocycles. The van der Waals surface area contributed by atoms with Crippen molar-refractivity contribution in [1.29, 1.82) is 0 Å². The zero-order chi connectivity index (χ0) is 8.97. The molecule has 0 aromatic rings. The minimum absolute atomic E-state index is 0.252. The normalized spacial score (nSPS) is 20.9. The fourth-order valence-electron chi connectivity index (χ4n) is 0.878. The smallest absolute Gasteiger partial charge is 0.331 e. The Morgan fingerprint density at radius 1 is 1.50 bits per heavy atom. The predicted molar refractivity (Wildman–Crippen MR) is 41.7 cm³/mol. The second kappa shape index (κ2) is 4.23. The Bertz CT molecular complexity index is 191. The number of carbonyl (C=O) groups is 1. The van der Waals surface area contributed by atoms with E-state index in [-0.39, 0.29) is 5.57 Å². The van der Waals surface area contributed by atoms with Crippen LogP contribution in [0.4, 0.5) is 0 Å². The summed E-state index contributed by atoms with van der Waals surface area (Å²) in [5.41, 5.74) is 0.252. The average Bonchev–Trinajstić information content (AvgIpc) is 2.06. The molecule has 1 aliphatic heterocycles. The highest BCUT2D eigenvalue weighted by Gasteiger charge is 2.12. The molecule has 1 rings (SSSR count). The molecule has 1 N–H and O–H groups in total. The van der Waals surface area contributed by atoms with Gasteiger partial charge in [-0.25, -0.2) is 4.79 Å². The van der Waals surface area contributed by atoms with Crippen LogP contribution >= 0.6 is 0 Å². The zero-order valence-corrected chi connectivity index (χ0v) is 6.95. The van der Waals surface area contributed by atoms with E-state index in [1.54, 1.807) is 0 Å².